The SMILES string of the molecule is C[n+]1ccn(CC(CCl)OP(C2CCCCC2)C2CCCCC2)c1.C[n+]1ccn(CC(CCl)OP(C2CCCCC2)C2CCCCC2)c1.[Cl-].[Cl-].[Cl][Pt][Cl]. The van der Waals surface area contributed by atoms with Crippen LogP contribution in [0.15, 0.2) is 37.4 Å². The summed E-state index contributed by atoms with van der Waals surface area (Å²) in [7, 11) is 13.2. The van der Waals surface area contributed by atoms with Crippen molar-refractivity contribution in [2.75, 3.05) is 11.8 Å². The van der Waals surface area contributed by atoms with Crippen LogP contribution in [0.1, 0.15) is 128 Å². The Morgan fingerprint density at radius 2 is 0.830 bits per heavy atom. The number of nitrogens with zero attached hydrogens (tertiary/aromatic N) is 4. The molecule has 0 saturated heterocycles. The fraction of sp³-hybridized carbons (Fsp3) is 0.842. The number of hydrogen-bond acceptors (Lipinski definition) is 2. The number of halogens is 6. The third kappa shape index (κ3) is 18.6. The molecule has 0 aromatic carbocycles. The summed E-state index contributed by atoms with van der Waals surface area (Å²) in [5.41, 5.74) is 3.29. The van der Waals surface area contributed by atoms with Crippen molar-refractivity contribution in [3.8, 4) is 0 Å². The molecule has 0 aliphatic heterocycles. The van der Waals surface area contributed by atoms with Gasteiger partial charge in [0.05, 0.1) is 25.9 Å². The van der Waals surface area contributed by atoms with Crippen LogP contribution in [0.3, 0.4) is 0 Å². The van der Waals surface area contributed by atoms with Gasteiger partial charge in [0.1, 0.15) is 50.1 Å². The Balaban J connectivity index is 0.000000330. The van der Waals surface area contributed by atoms with Gasteiger partial charge in [0.15, 0.2) is 0 Å². The van der Waals surface area contributed by atoms with Gasteiger partial charge in [0, 0.05) is 38.9 Å². The molecule has 0 radical (unpaired) electrons. The first-order chi connectivity index (χ1) is 24.9. The summed E-state index contributed by atoms with van der Waals surface area (Å²) in [5.74, 6) is 1.19. The molecule has 2 aromatic rings. The van der Waals surface area contributed by atoms with Gasteiger partial charge >= 0.3 is 35.3 Å². The summed E-state index contributed by atoms with van der Waals surface area (Å²) < 4.78 is 22.2. The average molecular weight is 1080 g/mol. The second-order valence-electron chi connectivity index (χ2n) is 15.2. The van der Waals surface area contributed by atoms with Gasteiger partial charge < -0.3 is 33.9 Å². The summed E-state index contributed by atoms with van der Waals surface area (Å²) >= 11 is 12.2. The molecule has 2 aromatic heterocycles. The maximum atomic E-state index is 6.79. The molecule has 4 fully saturated rings. The van der Waals surface area contributed by atoms with Gasteiger partial charge in [0.25, 0.3) is 0 Å². The number of hydrogen-bond donors (Lipinski definition) is 0. The molecule has 312 valence electrons. The van der Waals surface area contributed by atoms with Crippen LogP contribution in [0.5, 0.6) is 0 Å². The van der Waals surface area contributed by atoms with Crippen molar-refractivity contribution in [3.63, 3.8) is 0 Å². The molecule has 6 rings (SSSR count). The van der Waals surface area contributed by atoms with Crippen LogP contribution < -0.4 is 33.9 Å². The zero-order valence-corrected chi connectivity index (χ0v) is 40.6. The van der Waals surface area contributed by atoms with E-state index in [0.29, 0.717) is 11.8 Å². The number of alkyl halides is 2. The van der Waals surface area contributed by atoms with Gasteiger partial charge in [0.2, 0.25) is 12.7 Å². The molecule has 4 saturated carbocycles. The molecule has 2 atom stereocenters. The monoisotopic (exact) mass is 1080 g/mol. The molecule has 53 heavy (non-hydrogen) atoms. The maximum absolute atomic E-state index is 6.79. The first-order valence-electron chi connectivity index (χ1n) is 19.8. The normalized spacial score (nSPS) is 20.5. The van der Waals surface area contributed by atoms with E-state index in [4.69, 9.17) is 51.1 Å². The molecule has 2 heterocycles. The first-order valence-corrected chi connectivity index (χ1v) is 29.3. The van der Waals surface area contributed by atoms with Crippen LogP contribution in [-0.2, 0) is 52.7 Å². The van der Waals surface area contributed by atoms with Crippen molar-refractivity contribution in [1.82, 2.24) is 9.13 Å². The third-order valence-electron chi connectivity index (χ3n) is 11.1. The molecular weight excluding hydrogens is 1010 g/mol. The quantitative estimate of drug-likeness (QED) is 0.145. The fourth-order valence-electron chi connectivity index (χ4n) is 8.54. The Labute approximate surface area is 363 Å². The molecule has 0 spiro atoms. The standard InChI is InChI=1S/2C19H33ClN2OP.4ClH.Pt/c2*1-21-12-13-22(16-21)15-17(14-20)23-24(18-8-4-2-5-9-18)19-10-6-3-7-11-19;;;;;/h2*12-13,16-19H,2-11,14-15H2,1H3;4*1H;/q2*+1;;;;;+2/p-4. The first kappa shape index (κ1) is 50.8. The predicted octanol–water partition coefficient (Wildman–Crippen LogP) is 5.38. The van der Waals surface area contributed by atoms with Crippen LogP contribution in [0.25, 0.3) is 0 Å². The Morgan fingerprint density at radius 3 is 1.04 bits per heavy atom. The van der Waals surface area contributed by atoms with Gasteiger partial charge in [-0.05, 0) is 51.4 Å². The summed E-state index contributed by atoms with van der Waals surface area (Å²) in [6.07, 6.45) is 40.9. The summed E-state index contributed by atoms with van der Waals surface area (Å²) in [6, 6.07) is 0. The third-order valence-corrected chi connectivity index (χ3v) is 17.8. The van der Waals surface area contributed by atoms with Crippen molar-refractivity contribution in [2.45, 2.75) is 176 Å². The Morgan fingerprint density at radius 1 is 0.566 bits per heavy atom. The average Bonchev–Trinajstić information content (AvgIpc) is 3.79. The molecule has 4 aliphatic rings. The topological polar surface area (TPSA) is 36.1 Å². The van der Waals surface area contributed by atoms with E-state index in [9.17, 15) is 0 Å². The van der Waals surface area contributed by atoms with Crippen molar-refractivity contribution in [3.05, 3.63) is 37.4 Å². The van der Waals surface area contributed by atoms with Gasteiger partial charge in [-0.2, -0.15) is 0 Å². The Bertz CT molecular complexity index is 1060. The van der Waals surface area contributed by atoms with Crippen LogP contribution in [0, 0.1) is 0 Å². The van der Waals surface area contributed by atoms with E-state index in [1.54, 1.807) is 0 Å². The minimum atomic E-state index is -0.472. The second-order valence-corrected chi connectivity index (χ2v) is 23.9. The zero-order valence-electron chi connectivity index (χ0n) is 32.0. The Kier molecular flexibility index (Phi) is 28.5. The van der Waals surface area contributed by atoms with E-state index in [-0.39, 0.29) is 53.3 Å². The van der Waals surface area contributed by atoms with Gasteiger partial charge in [-0.3, -0.25) is 0 Å². The fourth-order valence-corrected chi connectivity index (χ4v) is 15.4. The second kappa shape index (κ2) is 29.8. The molecule has 0 N–H and O–H groups in total. The van der Waals surface area contributed by atoms with Crippen molar-refractivity contribution in [1.29, 1.82) is 0 Å². The molecule has 6 nitrogen and oxygen atoms in total. The van der Waals surface area contributed by atoms with Crippen molar-refractivity contribution in [2.24, 2.45) is 14.1 Å². The van der Waals surface area contributed by atoms with Crippen molar-refractivity contribution < 1.29 is 59.5 Å². The molecular formula is C38H66Cl6N4O2P2Pt. The van der Waals surface area contributed by atoms with Crippen molar-refractivity contribution >= 4 is 58.3 Å². The van der Waals surface area contributed by atoms with E-state index >= 15 is 0 Å². The van der Waals surface area contributed by atoms with Crippen LogP contribution in [0.4, 0.5) is 0 Å². The van der Waals surface area contributed by atoms with E-state index in [1.165, 1.54) is 128 Å². The zero-order chi connectivity index (χ0) is 36.3. The summed E-state index contributed by atoms with van der Waals surface area (Å²) in [4.78, 5) is 0. The number of aryl methyl sites for hydroxylation is 2. The number of aromatic nitrogens is 4. The van der Waals surface area contributed by atoms with Gasteiger partial charge in [-0.1, -0.05) is 77.0 Å². The number of rotatable bonds is 14. The van der Waals surface area contributed by atoms with Crippen LogP contribution in [-0.4, -0.2) is 55.7 Å². The summed E-state index contributed by atoms with van der Waals surface area (Å²) in [6.45, 7) is 1.76. The Hall–Kier alpha value is 1.63. The van der Waals surface area contributed by atoms with Crippen LogP contribution in [0.2, 0.25) is 0 Å². The number of imidazole rings is 2. The van der Waals surface area contributed by atoms with Gasteiger partial charge in [-0.25, -0.2) is 18.3 Å². The van der Waals surface area contributed by atoms with Gasteiger partial charge in [-0.15, -0.1) is 23.2 Å². The van der Waals surface area contributed by atoms with E-state index < -0.39 is 16.5 Å². The molecule has 4 aliphatic carbocycles. The molecule has 15 heteroatoms. The van der Waals surface area contributed by atoms with Crippen LogP contribution >= 0.6 is 58.3 Å². The van der Waals surface area contributed by atoms with E-state index in [1.807, 2.05) is 0 Å². The van der Waals surface area contributed by atoms with E-state index in [2.05, 4.69) is 69.8 Å². The molecule has 0 bridgehead atoms. The predicted molar refractivity (Wildman–Crippen MR) is 215 cm³/mol. The minimum absolute atomic E-state index is 0. The molecule has 0 amide bonds. The molecule has 2 unspecified atom stereocenters. The summed E-state index contributed by atoms with van der Waals surface area (Å²) in [5, 5.41) is 0. The van der Waals surface area contributed by atoms with E-state index in [0.717, 1.165) is 35.7 Å².